The zero-order valence-corrected chi connectivity index (χ0v) is 11.2. The van der Waals surface area contributed by atoms with E-state index in [9.17, 15) is 0 Å². The third-order valence-corrected chi connectivity index (χ3v) is 3.81. The number of hydrogen-bond acceptors (Lipinski definition) is 2. The van der Waals surface area contributed by atoms with E-state index in [0.717, 1.165) is 19.0 Å². The van der Waals surface area contributed by atoms with E-state index in [1.807, 2.05) is 6.92 Å². The highest BCUT2D eigenvalue weighted by molar-refractivity contribution is 5.00. The summed E-state index contributed by atoms with van der Waals surface area (Å²) in [6, 6.07) is 1.34. The van der Waals surface area contributed by atoms with Crippen molar-refractivity contribution in [1.82, 2.24) is 10.2 Å². The van der Waals surface area contributed by atoms with Crippen molar-refractivity contribution in [2.24, 2.45) is 5.92 Å². The molecule has 0 bridgehead atoms. The van der Waals surface area contributed by atoms with Gasteiger partial charge in [-0.25, -0.2) is 0 Å². The molecular formula is C14H26N2. The second-order valence-corrected chi connectivity index (χ2v) is 4.85. The van der Waals surface area contributed by atoms with E-state index in [1.54, 1.807) is 0 Å². The first-order chi connectivity index (χ1) is 7.70. The summed E-state index contributed by atoms with van der Waals surface area (Å²) in [4.78, 5) is 2.51. The normalized spacial score (nSPS) is 30.9. The molecule has 92 valence electrons. The minimum atomic E-state index is 0.643. The molecule has 2 nitrogen and oxygen atoms in total. The molecule has 3 unspecified atom stereocenters. The highest BCUT2D eigenvalue weighted by Gasteiger charge is 2.31. The van der Waals surface area contributed by atoms with E-state index in [2.05, 4.69) is 42.8 Å². The minimum absolute atomic E-state index is 0.643. The summed E-state index contributed by atoms with van der Waals surface area (Å²) in [5.74, 6) is 6.89. The van der Waals surface area contributed by atoms with Gasteiger partial charge in [0.1, 0.15) is 0 Å². The molecule has 16 heavy (non-hydrogen) atoms. The maximum absolute atomic E-state index is 3.67. The largest absolute Gasteiger partial charge is 0.314 e. The number of likely N-dealkylation sites (tertiary alicyclic amines) is 1. The summed E-state index contributed by atoms with van der Waals surface area (Å²) in [7, 11) is 0. The molecule has 0 aromatic heterocycles. The average molecular weight is 222 g/mol. The molecule has 0 spiro atoms. The molecule has 0 amide bonds. The first-order valence-corrected chi connectivity index (χ1v) is 6.57. The molecule has 1 N–H and O–H groups in total. The molecule has 1 aliphatic heterocycles. The van der Waals surface area contributed by atoms with Gasteiger partial charge in [-0.05, 0) is 39.2 Å². The molecule has 1 aliphatic rings. The number of nitrogens with zero attached hydrogens (tertiary/aromatic N) is 1. The third-order valence-electron chi connectivity index (χ3n) is 3.81. The molecule has 1 fully saturated rings. The molecule has 0 aromatic rings. The van der Waals surface area contributed by atoms with Crippen LogP contribution in [0.4, 0.5) is 0 Å². The smallest absolute Gasteiger partial charge is 0.0603 e. The van der Waals surface area contributed by atoms with Crippen LogP contribution in [0.3, 0.4) is 0 Å². The summed E-state index contributed by atoms with van der Waals surface area (Å²) in [6.45, 7) is 12.1. The van der Waals surface area contributed by atoms with Crippen molar-refractivity contribution in [2.45, 2.75) is 52.6 Å². The van der Waals surface area contributed by atoms with Gasteiger partial charge in [0.25, 0.3) is 0 Å². The summed E-state index contributed by atoms with van der Waals surface area (Å²) in [5.41, 5.74) is 0. The van der Waals surface area contributed by atoms with Gasteiger partial charge in [-0.1, -0.05) is 19.8 Å². The molecule has 1 rings (SSSR count). The highest BCUT2D eigenvalue weighted by Crippen LogP contribution is 2.23. The van der Waals surface area contributed by atoms with Gasteiger partial charge in [0.05, 0.1) is 6.54 Å². The molecular weight excluding hydrogens is 196 g/mol. The van der Waals surface area contributed by atoms with E-state index in [0.29, 0.717) is 12.1 Å². The molecule has 1 heterocycles. The van der Waals surface area contributed by atoms with Gasteiger partial charge in [0.15, 0.2) is 0 Å². The predicted octanol–water partition coefficient (Wildman–Crippen LogP) is 2.11. The molecule has 3 atom stereocenters. The first kappa shape index (κ1) is 13.5. The lowest BCUT2D eigenvalue weighted by Crippen LogP contribution is -2.53. The Morgan fingerprint density at radius 3 is 2.75 bits per heavy atom. The van der Waals surface area contributed by atoms with Crippen LogP contribution in [0.25, 0.3) is 0 Å². The zero-order chi connectivity index (χ0) is 12.0. The molecule has 2 heteroatoms. The van der Waals surface area contributed by atoms with Crippen molar-refractivity contribution < 1.29 is 0 Å². The van der Waals surface area contributed by atoms with Gasteiger partial charge in [-0.2, -0.15) is 0 Å². The van der Waals surface area contributed by atoms with Crippen LogP contribution in [-0.4, -0.2) is 36.6 Å². The van der Waals surface area contributed by atoms with Gasteiger partial charge in [-0.3, -0.25) is 4.90 Å². The van der Waals surface area contributed by atoms with E-state index in [4.69, 9.17) is 0 Å². The molecule has 0 aliphatic carbocycles. The van der Waals surface area contributed by atoms with Crippen LogP contribution in [0, 0.1) is 17.8 Å². The van der Waals surface area contributed by atoms with Gasteiger partial charge in [-0.15, -0.1) is 5.92 Å². The lowest BCUT2D eigenvalue weighted by atomic mass is 9.87. The number of hydrogen-bond donors (Lipinski definition) is 1. The van der Waals surface area contributed by atoms with Crippen LogP contribution in [0.1, 0.15) is 40.5 Å². The molecule has 0 aromatic carbocycles. The summed E-state index contributed by atoms with van der Waals surface area (Å²) in [6.07, 6.45) is 2.49. The van der Waals surface area contributed by atoms with Gasteiger partial charge in [0.2, 0.25) is 0 Å². The maximum atomic E-state index is 3.67. The predicted molar refractivity (Wildman–Crippen MR) is 70.3 cm³/mol. The van der Waals surface area contributed by atoms with Gasteiger partial charge >= 0.3 is 0 Å². The van der Waals surface area contributed by atoms with Crippen LogP contribution >= 0.6 is 0 Å². The Morgan fingerprint density at radius 1 is 1.38 bits per heavy atom. The van der Waals surface area contributed by atoms with Crippen LogP contribution in [0.2, 0.25) is 0 Å². The fourth-order valence-electron chi connectivity index (χ4n) is 2.46. The molecule has 1 saturated heterocycles. The summed E-state index contributed by atoms with van der Waals surface area (Å²) >= 11 is 0. The monoisotopic (exact) mass is 222 g/mol. The second-order valence-electron chi connectivity index (χ2n) is 4.85. The van der Waals surface area contributed by atoms with Crippen molar-refractivity contribution in [3.05, 3.63) is 0 Å². The molecule has 0 saturated carbocycles. The fourth-order valence-corrected chi connectivity index (χ4v) is 2.46. The van der Waals surface area contributed by atoms with Crippen LogP contribution in [-0.2, 0) is 0 Å². The van der Waals surface area contributed by atoms with Crippen LogP contribution in [0.5, 0.6) is 0 Å². The van der Waals surface area contributed by atoms with Crippen molar-refractivity contribution in [3.63, 3.8) is 0 Å². The number of piperidine rings is 1. The van der Waals surface area contributed by atoms with Crippen molar-refractivity contribution in [3.8, 4) is 11.8 Å². The maximum Gasteiger partial charge on any atom is 0.0603 e. The number of nitrogens with one attached hydrogen (secondary N) is 1. The Morgan fingerprint density at radius 2 is 2.12 bits per heavy atom. The Balaban J connectivity index is 2.46. The summed E-state index contributed by atoms with van der Waals surface area (Å²) < 4.78 is 0. The van der Waals surface area contributed by atoms with Crippen LogP contribution in [0.15, 0.2) is 0 Å². The fraction of sp³-hybridized carbons (Fsp3) is 0.857. The van der Waals surface area contributed by atoms with Crippen molar-refractivity contribution in [1.29, 1.82) is 0 Å². The quantitative estimate of drug-likeness (QED) is 0.733. The first-order valence-electron chi connectivity index (χ1n) is 6.57. The second kappa shape index (κ2) is 6.93. The van der Waals surface area contributed by atoms with Crippen LogP contribution < -0.4 is 5.32 Å². The Labute approximate surface area is 101 Å². The van der Waals surface area contributed by atoms with Crippen molar-refractivity contribution in [2.75, 3.05) is 19.6 Å². The van der Waals surface area contributed by atoms with E-state index in [-0.39, 0.29) is 0 Å². The Hall–Kier alpha value is -0.520. The average Bonchev–Trinajstić information content (AvgIpc) is 2.30. The van der Waals surface area contributed by atoms with E-state index in [1.165, 1.54) is 19.4 Å². The minimum Gasteiger partial charge on any atom is -0.314 e. The standard InChI is InChI=1S/C14H26N2/c1-5-7-10-16-11-8-14(15-9-6-2)12(3)13(16)4/h12-15H,6,8-11H2,1-4H3. The lowest BCUT2D eigenvalue weighted by molar-refractivity contribution is 0.0980. The molecule has 0 radical (unpaired) electrons. The van der Waals surface area contributed by atoms with Gasteiger partial charge in [0, 0.05) is 18.6 Å². The highest BCUT2D eigenvalue weighted by atomic mass is 15.2. The van der Waals surface area contributed by atoms with E-state index >= 15 is 0 Å². The van der Waals surface area contributed by atoms with Crippen molar-refractivity contribution >= 4 is 0 Å². The van der Waals surface area contributed by atoms with E-state index < -0.39 is 0 Å². The Bertz CT molecular complexity index is 251. The SMILES string of the molecule is CC#CCN1CCC(NCCC)C(C)C1C. The third kappa shape index (κ3) is 3.50. The summed E-state index contributed by atoms with van der Waals surface area (Å²) in [5, 5.41) is 3.67. The Kier molecular flexibility index (Phi) is 5.87. The lowest BCUT2D eigenvalue weighted by Gasteiger charge is -2.42. The van der Waals surface area contributed by atoms with Gasteiger partial charge < -0.3 is 5.32 Å². The zero-order valence-electron chi connectivity index (χ0n) is 11.2. The topological polar surface area (TPSA) is 15.3 Å². The number of rotatable bonds is 4.